The Kier molecular flexibility index (Phi) is 12.0. The molecule has 1 unspecified atom stereocenters. The molecule has 1 aliphatic heterocycles. The largest absolute Gasteiger partial charge is 0.382 e. The van der Waals surface area contributed by atoms with Gasteiger partial charge >= 0.3 is 0 Å². The maximum atomic E-state index is 16.0. The van der Waals surface area contributed by atoms with Gasteiger partial charge in [-0.05, 0) is 32.9 Å². The quantitative estimate of drug-likeness (QED) is 0.211. The third-order valence-electron chi connectivity index (χ3n) is 6.75. The molecule has 14 heteroatoms. The Balaban J connectivity index is 0.00000248. The molecule has 10 nitrogen and oxygen atoms in total. The molecule has 0 bridgehead atoms. The van der Waals surface area contributed by atoms with Crippen molar-refractivity contribution in [2.75, 3.05) is 49.3 Å². The average molecular weight is 612 g/mol. The molecule has 0 radical (unpaired) electrons. The number of ether oxygens (including phenoxy) is 1. The zero-order chi connectivity index (χ0) is 31.7. The van der Waals surface area contributed by atoms with E-state index in [1.807, 2.05) is 20.8 Å². The molecule has 1 aliphatic rings. The van der Waals surface area contributed by atoms with Crippen LogP contribution in [0.2, 0.25) is 0 Å². The monoisotopic (exact) mass is 611 g/mol. The lowest BCUT2D eigenvalue weighted by molar-refractivity contribution is 0.101. The van der Waals surface area contributed by atoms with Crippen molar-refractivity contribution in [1.82, 2.24) is 20.3 Å². The van der Waals surface area contributed by atoms with Crippen molar-refractivity contribution in [2.45, 2.75) is 52.2 Å². The number of H-pyrrole nitrogens is 1. The SMILES string of the molecule is CC.CN[C@@H](C)CNc1cc(F)c(-c2cnc(N(C)CC3CCCO3)nc2)c(F)c1NC(=O)c1c[nH]c(=O)cc1C(F)F.[HH].[HH]. The van der Waals surface area contributed by atoms with Crippen molar-refractivity contribution < 1.29 is 29.9 Å². The molecule has 2 atom stereocenters. The highest BCUT2D eigenvalue weighted by molar-refractivity contribution is 6.07. The molecule has 1 fully saturated rings. The minimum atomic E-state index is -3.14. The van der Waals surface area contributed by atoms with Crippen molar-refractivity contribution in [1.29, 1.82) is 0 Å². The molecule has 3 heterocycles. The van der Waals surface area contributed by atoms with E-state index in [1.165, 1.54) is 12.4 Å². The highest BCUT2D eigenvalue weighted by Crippen LogP contribution is 2.37. The number of halogens is 4. The number of benzene rings is 1. The summed E-state index contributed by atoms with van der Waals surface area (Å²) in [6.07, 6.45) is 2.12. The van der Waals surface area contributed by atoms with Crippen molar-refractivity contribution in [3.8, 4) is 11.1 Å². The van der Waals surface area contributed by atoms with E-state index in [1.54, 1.807) is 19.0 Å². The van der Waals surface area contributed by atoms with E-state index in [9.17, 15) is 18.4 Å². The van der Waals surface area contributed by atoms with Crippen molar-refractivity contribution in [3.05, 3.63) is 63.8 Å². The standard InChI is InChI=1S/C27H31F4N7O3.C2H6.2H2/c1-14(32-2)9-33-20-8-19(28)22(15-10-35-27(36-11-15)38(3)13-16-5-4-6-41-16)23(29)24(20)37-26(40)18-12-34-21(39)7-17(18)25(30)31;1-2;;/h7-8,10-12,14,16,25,32-33H,4-6,9,13H2,1-3H3,(H,34,39)(H,37,40);1-2H3;2*1H/t14-,16?;;;/m0.../s1. The lowest BCUT2D eigenvalue weighted by Crippen LogP contribution is -2.30. The summed E-state index contributed by atoms with van der Waals surface area (Å²) in [4.78, 5) is 37.0. The van der Waals surface area contributed by atoms with E-state index in [0.29, 0.717) is 25.2 Å². The number of anilines is 3. The van der Waals surface area contributed by atoms with Crippen LogP contribution in [-0.2, 0) is 4.74 Å². The minimum Gasteiger partial charge on any atom is -0.382 e. The molecule has 1 aromatic carbocycles. The van der Waals surface area contributed by atoms with Crippen molar-refractivity contribution in [3.63, 3.8) is 0 Å². The number of rotatable bonds is 11. The van der Waals surface area contributed by atoms with E-state index in [2.05, 4.69) is 30.9 Å². The second-order valence-electron chi connectivity index (χ2n) is 9.75. The maximum Gasteiger partial charge on any atom is 0.264 e. The Bertz CT molecular complexity index is 1440. The third kappa shape index (κ3) is 8.29. The first-order valence-electron chi connectivity index (χ1n) is 14.0. The van der Waals surface area contributed by atoms with Gasteiger partial charge in [0.05, 0.1) is 22.9 Å². The first-order chi connectivity index (χ1) is 20.6. The van der Waals surface area contributed by atoms with E-state index in [-0.39, 0.29) is 32.8 Å². The number of aromatic amines is 1. The zero-order valence-corrected chi connectivity index (χ0v) is 24.7. The number of aromatic nitrogens is 3. The zero-order valence-electron chi connectivity index (χ0n) is 24.7. The van der Waals surface area contributed by atoms with E-state index >= 15 is 8.78 Å². The van der Waals surface area contributed by atoms with Gasteiger partial charge in [0, 0.05) is 71.4 Å². The molecule has 1 saturated heterocycles. The van der Waals surface area contributed by atoms with Gasteiger partial charge in [-0.1, -0.05) is 13.8 Å². The second kappa shape index (κ2) is 15.4. The molecule has 1 amide bonds. The summed E-state index contributed by atoms with van der Waals surface area (Å²) < 4.78 is 64.1. The molecular formula is C29H41F4N7O3. The number of amides is 1. The van der Waals surface area contributed by atoms with Gasteiger partial charge in [-0.3, -0.25) is 9.59 Å². The van der Waals surface area contributed by atoms with E-state index in [0.717, 1.165) is 25.1 Å². The van der Waals surface area contributed by atoms with Gasteiger partial charge in [-0.25, -0.2) is 27.5 Å². The van der Waals surface area contributed by atoms with Crippen LogP contribution in [0.3, 0.4) is 0 Å². The predicted octanol–water partition coefficient (Wildman–Crippen LogP) is 5.45. The van der Waals surface area contributed by atoms with Crippen LogP contribution in [-0.4, -0.2) is 66.8 Å². The Labute approximate surface area is 250 Å². The lowest BCUT2D eigenvalue weighted by atomic mass is 10.0. The number of carbonyl (C=O) groups excluding carboxylic acids is 1. The van der Waals surface area contributed by atoms with Crippen molar-refractivity contribution in [2.24, 2.45) is 0 Å². The molecule has 0 spiro atoms. The van der Waals surface area contributed by atoms with Gasteiger partial charge in [-0.15, -0.1) is 0 Å². The van der Waals surface area contributed by atoms with Gasteiger partial charge < -0.3 is 30.6 Å². The van der Waals surface area contributed by atoms with Gasteiger partial charge in [-0.2, -0.15) is 0 Å². The van der Waals surface area contributed by atoms with Crippen LogP contribution in [0.4, 0.5) is 34.9 Å². The van der Waals surface area contributed by atoms with Crippen LogP contribution in [0.1, 0.15) is 58.8 Å². The van der Waals surface area contributed by atoms with Crippen LogP contribution in [0.5, 0.6) is 0 Å². The molecule has 4 rings (SSSR count). The molecule has 2 aromatic heterocycles. The Morgan fingerprint density at radius 3 is 2.53 bits per heavy atom. The smallest absolute Gasteiger partial charge is 0.264 e. The third-order valence-corrected chi connectivity index (χ3v) is 6.75. The molecule has 0 saturated carbocycles. The summed E-state index contributed by atoms with van der Waals surface area (Å²) in [6, 6.07) is 1.46. The lowest BCUT2D eigenvalue weighted by Gasteiger charge is -2.21. The summed E-state index contributed by atoms with van der Waals surface area (Å²) in [5, 5.41) is 8.12. The molecule has 3 aromatic rings. The molecule has 0 aliphatic carbocycles. The number of alkyl halides is 2. The Hall–Kier alpha value is -4.04. The number of nitrogens with one attached hydrogen (secondary N) is 4. The number of carbonyl (C=O) groups is 1. The number of likely N-dealkylation sites (N-methyl/N-ethyl adjacent to an activating group) is 2. The van der Waals surface area contributed by atoms with Crippen LogP contribution >= 0.6 is 0 Å². The topological polar surface area (TPSA) is 124 Å². The molecule has 4 N–H and O–H groups in total. The average Bonchev–Trinajstić information content (AvgIpc) is 3.51. The number of hydrogen-bond acceptors (Lipinski definition) is 8. The number of nitrogens with zero attached hydrogens (tertiary/aromatic N) is 3. The molecule has 43 heavy (non-hydrogen) atoms. The fraction of sp³-hybridized carbons (Fsp3) is 0.448. The first kappa shape index (κ1) is 33.5. The highest BCUT2D eigenvalue weighted by atomic mass is 19.3. The summed E-state index contributed by atoms with van der Waals surface area (Å²) in [5.41, 5.74) is -3.34. The summed E-state index contributed by atoms with van der Waals surface area (Å²) >= 11 is 0. The molecular weight excluding hydrogens is 570 g/mol. The fourth-order valence-electron chi connectivity index (χ4n) is 4.38. The van der Waals surface area contributed by atoms with E-state index in [4.69, 9.17) is 4.74 Å². The summed E-state index contributed by atoms with van der Waals surface area (Å²) in [5.74, 6) is -2.91. The first-order valence-corrected chi connectivity index (χ1v) is 14.0. The van der Waals surface area contributed by atoms with Crippen LogP contribution in [0.25, 0.3) is 11.1 Å². The normalized spacial score (nSPS) is 15.1. The Morgan fingerprint density at radius 1 is 1.23 bits per heavy atom. The highest BCUT2D eigenvalue weighted by Gasteiger charge is 2.26. The summed E-state index contributed by atoms with van der Waals surface area (Å²) in [7, 11) is 3.48. The molecule has 238 valence electrons. The second-order valence-corrected chi connectivity index (χ2v) is 9.75. The van der Waals surface area contributed by atoms with Crippen LogP contribution in [0.15, 0.2) is 35.5 Å². The predicted molar refractivity (Wildman–Crippen MR) is 162 cm³/mol. The van der Waals surface area contributed by atoms with E-state index < -0.39 is 51.9 Å². The van der Waals surface area contributed by atoms with Crippen LogP contribution < -0.4 is 26.4 Å². The summed E-state index contributed by atoms with van der Waals surface area (Å²) in [6.45, 7) is 7.28. The maximum absolute atomic E-state index is 16.0. The number of pyridine rings is 1. The van der Waals surface area contributed by atoms with Crippen LogP contribution in [0, 0.1) is 11.6 Å². The van der Waals surface area contributed by atoms with Gasteiger partial charge in [0.25, 0.3) is 12.3 Å². The minimum absolute atomic E-state index is 0. The fourth-order valence-corrected chi connectivity index (χ4v) is 4.38. The Morgan fingerprint density at radius 2 is 1.93 bits per heavy atom. The van der Waals surface area contributed by atoms with Gasteiger partial charge in [0.2, 0.25) is 11.5 Å². The number of hydrogen-bond donors (Lipinski definition) is 4. The van der Waals surface area contributed by atoms with Gasteiger partial charge in [0.15, 0.2) is 5.82 Å². The van der Waals surface area contributed by atoms with Gasteiger partial charge in [0.1, 0.15) is 11.5 Å². The van der Waals surface area contributed by atoms with Crippen molar-refractivity contribution >= 4 is 23.2 Å².